The first-order valence-corrected chi connectivity index (χ1v) is 8.28. The maximum absolute atomic E-state index is 13.2. The zero-order valence-electron chi connectivity index (χ0n) is 9.32. The van der Waals surface area contributed by atoms with Crippen LogP contribution in [0.3, 0.4) is 0 Å². The van der Waals surface area contributed by atoms with E-state index in [1.165, 1.54) is 0 Å². The molecule has 0 saturated heterocycles. The number of anilines is 1. The van der Waals surface area contributed by atoms with E-state index in [1.54, 1.807) is 6.92 Å². The lowest BCUT2D eigenvalue weighted by molar-refractivity contribution is -0.387. The van der Waals surface area contributed by atoms with E-state index in [1.807, 2.05) is 0 Å². The molecule has 0 aliphatic carbocycles. The molecule has 0 radical (unpaired) electrons. The second-order valence-corrected chi connectivity index (χ2v) is 8.27. The Morgan fingerprint density at radius 1 is 1.56 bits per heavy atom. The zero-order chi connectivity index (χ0) is 13.9. The van der Waals surface area contributed by atoms with Crippen molar-refractivity contribution in [2.75, 3.05) is 17.8 Å². The summed E-state index contributed by atoms with van der Waals surface area (Å²) in [4.78, 5) is 9.69. The van der Waals surface area contributed by atoms with Gasteiger partial charge < -0.3 is 9.88 Å². The van der Waals surface area contributed by atoms with Crippen LogP contribution in [0.5, 0.6) is 0 Å². The Labute approximate surface area is 113 Å². The van der Waals surface area contributed by atoms with Crippen LogP contribution in [0.15, 0.2) is 12.1 Å². The van der Waals surface area contributed by atoms with E-state index >= 15 is 0 Å². The highest BCUT2D eigenvalue weighted by atomic mass is 35.7. The molecule has 0 fully saturated rings. The molecule has 0 heterocycles. The van der Waals surface area contributed by atoms with E-state index in [0.29, 0.717) is 0 Å². The van der Waals surface area contributed by atoms with Crippen molar-refractivity contribution in [2.45, 2.75) is 6.92 Å². The van der Waals surface area contributed by atoms with Crippen LogP contribution in [-0.4, -0.2) is 17.4 Å². The standard InChI is InChI=1S/C9H10Cl2FN2O3P/c1-2-18(11,17)5-13-8-4-9(14(15)16)7(12)3-6(8)10/h3-4,13H,2,5H2,1H3. The summed E-state index contributed by atoms with van der Waals surface area (Å²) in [7, 11) is 0. The van der Waals surface area contributed by atoms with E-state index in [-0.39, 0.29) is 23.2 Å². The van der Waals surface area contributed by atoms with Crippen molar-refractivity contribution < 1.29 is 13.9 Å². The first-order valence-electron chi connectivity index (χ1n) is 4.92. The Morgan fingerprint density at radius 3 is 2.67 bits per heavy atom. The van der Waals surface area contributed by atoms with Gasteiger partial charge in [0.1, 0.15) is 0 Å². The minimum absolute atomic E-state index is 0.0362. The fourth-order valence-electron chi connectivity index (χ4n) is 1.13. The molecule has 0 amide bonds. The van der Waals surface area contributed by atoms with Gasteiger partial charge in [0.15, 0.2) is 6.49 Å². The van der Waals surface area contributed by atoms with Gasteiger partial charge in [-0.1, -0.05) is 29.8 Å². The Hall–Kier alpha value is -0.840. The summed E-state index contributed by atoms with van der Waals surface area (Å²) >= 11 is 11.4. The van der Waals surface area contributed by atoms with Crippen LogP contribution in [-0.2, 0) is 4.57 Å². The molecule has 18 heavy (non-hydrogen) atoms. The smallest absolute Gasteiger partial charge is 0.306 e. The van der Waals surface area contributed by atoms with Gasteiger partial charge in [-0.3, -0.25) is 10.1 Å². The third kappa shape index (κ3) is 3.83. The van der Waals surface area contributed by atoms with Crippen molar-refractivity contribution in [3.05, 3.63) is 33.1 Å². The molecule has 100 valence electrons. The molecule has 1 rings (SSSR count). The molecule has 0 bridgehead atoms. The molecule has 0 aliphatic rings. The van der Waals surface area contributed by atoms with Gasteiger partial charge in [-0.05, 0) is 0 Å². The van der Waals surface area contributed by atoms with Gasteiger partial charge >= 0.3 is 5.69 Å². The summed E-state index contributed by atoms with van der Waals surface area (Å²) in [5.41, 5.74) is -0.582. The quantitative estimate of drug-likeness (QED) is 0.500. The van der Waals surface area contributed by atoms with E-state index in [9.17, 15) is 19.1 Å². The Bertz CT molecular complexity index is 527. The van der Waals surface area contributed by atoms with Crippen molar-refractivity contribution in [2.24, 2.45) is 0 Å². The highest BCUT2D eigenvalue weighted by Gasteiger charge is 2.20. The molecular weight excluding hydrogens is 305 g/mol. The van der Waals surface area contributed by atoms with Gasteiger partial charge in [0, 0.05) is 18.3 Å². The van der Waals surface area contributed by atoms with Crippen molar-refractivity contribution in [3.63, 3.8) is 0 Å². The largest absolute Gasteiger partial charge is 0.375 e. The maximum Gasteiger partial charge on any atom is 0.306 e. The Morgan fingerprint density at radius 2 is 2.17 bits per heavy atom. The fourth-order valence-corrected chi connectivity index (χ4v) is 2.15. The van der Waals surface area contributed by atoms with Crippen LogP contribution >= 0.6 is 29.3 Å². The van der Waals surface area contributed by atoms with Gasteiger partial charge in [-0.2, -0.15) is 4.39 Å². The third-order valence-corrected chi connectivity index (χ3v) is 5.17. The minimum Gasteiger partial charge on any atom is -0.375 e. The van der Waals surface area contributed by atoms with Crippen LogP contribution in [0, 0.1) is 15.9 Å². The lowest BCUT2D eigenvalue weighted by Gasteiger charge is -2.12. The number of rotatable bonds is 5. The van der Waals surface area contributed by atoms with Crippen LogP contribution < -0.4 is 5.32 Å². The fraction of sp³-hybridized carbons (Fsp3) is 0.333. The first kappa shape index (κ1) is 15.2. The summed E-state index contributed by atoms with van der Waals surface area (Å²) in [6, 6.07) is 1.78. The Kier molecular flexibility index (Phi) is 4.96. The van der Waals surface area contributed by atoms with Gasteiger partial charge in [-0.15, -0.1) is 0 Å². The molecule has 1 atom stereocenters. The minimum atomic E-state index is -2.87. The summed E-state index contributed by atoms with van der Waals surface area (Å²) in [5.74, 6) is -1.03. The number of halogens is 3. The van der Waals surface area contributed by atoms with Gasteiger partial charge in [0.05, 0.1) is 21.9 Å². The van der Waals surface area contributed by atoms with Gasteiger partial charge in [0.2, 0.25) is 5.82 Å². The maximum atomic E-state index is 13.2. The number of nitro groups is 1. The number of nitrogens with zero attached hydrogens (tertiary/aromatic N) is 1. The van der Waals surface area contributed by atoms with Crippen LogP contribution in [0.1, 0.15) is 6.92 Å². The van der Waals surface area contributed by atoms with E-state index in [2.05, 4.69) is 5.32 Å². The normalized spacial score (nSPS) is 14.0. The third-order valence-electron chi connectivity index (χ3n) is 2.21. The summed E-state index contributed by atoms with van der Waals surface area (Å²) in [6.07, 6.45) is 0.191. The second-order valence-electron chi connectivity index (χ2n) is 3.48. The summed E-state index contributed by atoms with van der Waals surface area (Å²) in [5, 5.41) is 13.1. The van der Waals surface area contributed by atoms with E-state index < -0.39 is 22.9 Å². The van der Waals surface area contributed by atoms with Crippen molar-refractivity contribution in [1.82, 2.24) is 0 Å². The van der Waals surface area contributed by atoms with Crippen LogP contribution in [0.4, 0.5) is 15.8 Å². The number of hydrogen-bond acceptors (Lipinski definition) is 4. The molecular formula is C9H10Cl2FN2O3P. The van der Waals surface area contributed by atoms with Crippen LogP contribution in [0.25, 0.3) is 0 Å². The lowest BCUT2D eigenvalue weighted by atomic mass is 10.2. The van der Waals surface area contributed by atoms with Gasteiger partial charge in [-0.25, -0.2) is 0 Å². The zero-order valence-corrected chi connectivity index (χ0v) is 11.7. The lowest BCUT2D eigenvalue weighted by Crippen LogP contribution is -2.03. The molecule has 1 aromatic carbocycles. The number of hydrogen-bond donors (Lipinski definition) is 1. The summed E-state index contributed by atoms with van der Waals surface area (Å²) < 4.78 is 24.8. The monoisotopic (exact) mass is 314 g/mol. The molecule has 0 saturated carbocycles. The topological polar surface area (TPSA) is 72.2 Å². The average Bonchev–Trinajstić information content (AvgIpc) is 2.27. The van der Waals surface area contributed by atoms with E-state index in [4.69, 9.17) is 22.8 Å². The molecule has 5 nitrogen and oxygen atoms in total. The highest BCUT2D eigenvalue weighted by Crippen LogP contribution is 2.50. The molecule has 1 N–H and O–H groups in total. The van der Waals surface area contributed by atoms with Crippen molar-refractivity contribution in [3.8, 4) is 0 Å². The molecule has 0 spiro atoms. The molecule has 0 aromatic heterocycles. The number of nitrogens with one attached hydrogen (secondary N) is 1. The molecule has 9 heteroatoms. The van der Waals surface area contributed by atoms with Gasteiger partial charge in [0.25, 0.3) is 0 Å². The Balaban J connectivity index is 3.00. The number of nitro benzene ring substituents is 1. The van der Waals surface area contributed by atoms with E-state index in [0.717, 1.165) is 12.1 Å². The average molecular weight is 315 g/mol. The molecule has 1 aromatic rings. The number of benzene rings is 1. The summed E-state index contributed by atoms with van der Waals surface area (Å²) in [6.45, 7) is -1.21. The van der Waals surface area contributed by atoms with Crippen LogP contribution in [0.2, 0.25) is 5.02 Å². The molecule has 1 unspecified atom stereocenters. The van der Waals surface area contributed by atoms with Crippen molar-refractivity contribution in [1.29, 1.82) is 0 Å². The highest BCUT2D eigenvalue weighted by molar-refractivity contribution is 7.89. The predicted molar refractivity (Wildman–Crippen MR) is 70.6 cm³/mol. The van der Waals surface area contributed by atoms with Crippen molar-refractivity contribution >= 4 is 40.7 Å². The first-order chi connectivity index (χ1) is 8.26. The SMILES string of the molecule is CCP(=O)(Cl)CNc1cc([N+](=O)[O-])c(F)cc1Cl. The predicted octanol–water partition coefficient (Wildman–Crippen LogP) is 4.29. The second kappa shape index (κ2) is 5.87. The molecule has 0 aliphatic heterocycles.